The van der Waals surface area contributed by atoms with Gasteiger partial charge >= 0.3 is 5.97 Å². The average molecular weight is 245 g/mol. The van der Waals surface area contributed by atoms with Crippen molar-refractivity contribution in [3.8, 4) is 5.75 Å². The maximum Gasteiger partial charge on any atom is 0.336 e. The van der Waals surface area contributed by atoms with Gasteiger partial charge in [-0.05, 0) is 24.1 Å². The quantitative estimate of drug-likeness (QED) is 0.899. The van der Waals surface area contributed by atoms with Gasteiger partial charge in [0.2, 0.25) is 0 Å². The molecule has 0 saturated heterocycles. The second-order valence-corrected chi connectivity index (χ2v) is 4.52. The zero-order chi connectivity index (χ0) is 13.1. The van der Waals surface area contributed by atoms with Crippen LogP contribution in [0, 0.1) is 5.92 Å². The van der Waals surface area contributed by atoms with Crippen molar-refractivity contribution in [2.75, 3.05) is 6.61 Å². The first kappa shape index (κ1) is 12.4. The Morgan fingerprint density at radius 1 is 1.39 bits per heavy atom. The van der Waals surface area contributed by atoms with E-state index in [1.807, 2.05) is 0 Å². The minimum Gasteiger partial charge on any atom is -0.491 e. The van der Waals surface area contributed by atoms with Crippen LogP contribution in [0.4, 0.5) is 0 Å². The van der Waals surface area contributed by atoms with Crippen molar-refractivity contribution in [3.05, 3.63) is 36.0 Å². The predicted molar refractivity (Wildman–Crippen MR) is 69.0 cm³/mol. The van der Waals surface area contributed by atoms with E-state index >= 15 is 0 Å². The van der Waals surface area contributed by atoms with Crippen molar-refractivity contribution in [2.24, 2.45) is 5.92 Å². The molecule has 94 valence electrons. The van der Waals surface area contributed by atoms with E-state index < -0.39 is 5.97 Å². The Labute approximate surface area is 105 Å². The SMILES string of the molecule is CC(C)COc1ccc(C(=O)O)c2cccnc12. The molecule has 1 aromatic carbocycles. The number of fused-ring (bicyclic) bond motifs is 1. The number of aromatic nitrogens is 1. The third-order valence-corrected chi connectivity index (χ3v) is 2.54. The van der Waals surface area contributed by atoms with Gasteiger partial charge in [-0.15, -0.1) is 0 Å². The van der Waals surface area contributed by atoms with Crippen LogP contribution in [-0.2, 0) is 0 Å². The van der Waals surface area contributed by atoms with Crippen LogP contribution < -0.4 is 4.74 Å². The Bertz CT molecular complexity index is 578. The molecule has 0 atom stereocenters. The van der Waals surface area contributed by atoms with Crippen molar-refractivity contribution < 1.29 is 14.6 Å². The van der Waals surface area contributed by atoms with Crippen LogP contribution in [0.1, 0.15) is 24.2 Å². The highest BCUT2D eigenvalue weighted by Gasteiger charge is 2.12. The molecule has 4 heteroatoms. The van der Waals surface area contributed by atoms with Gasteiger partial charge in [0.05, 0.1) is 12.2 Å². The van der Waals surface area contributed by atoms with Crippen molar-refractivity contribution in [3.63, 3.8) is 0 Å². The minimum atomic E-state index is -0.955. The van der Waals surface area contributed by atoms with Crippen LogP contribution >= 0.6 is 0 Å². The van der Waals surface area contributed by atoms with Crippen LogP contribution in [0.15, 0.2) is 30.5 Å². The highest BCUT2D eigenvalue weighted by molar-refractivity contribution is 6.04. The van der Waals surface area contributed by atoms with Crippen molar-refractivity contribution in [1.82, 2.24) is 4.98 Å². The Kier molecular flexibility index (Phi) is 3.46. The first-order chi connectivity index (χ1) is 8.59. The highest BCUT2D eigenvalue weighted by Crippen LogP contribution is 2.27. The Morgan fingerprint density at radius 3 is 2.83 bits per heavy atom. The molecular weight excluding hydrogens is 230 g/mol. The molecule has 2 aromatic rings. The monoisotopic (exact) mass is 245 g/mol. The fourth-order valence-corrected chi connectivity index (χ4v) is 1.71. The number of nitrogens with zero attached hydrogens (tertiary/aromatic N) is 1. The number of pyridine rings is 1. The van der Waals surface area contributed by atoms with Gasteiger partial charge in [0.15, 0.2) is 0 Å². The summed E-state index contributed by atoms with van der Waals surface area (Å²) in [6.45, 7) is 4.70. The van der Waals surface area contributed by atoms with E-state index in [2.05, 4.69) is 18.8 Å². The Hall–Kier alpha value is -2.10. The van der Waals surface area contributed by atoms with E-state index in [9.17, 15) is 4.79 Å². The smallest absolute Gasteiger partial charge is 0.336 e. The molecule has 0 amide bonds. The lowest BCUT2D eigenvalue weighted by Crippen LogP contribution is -2.06. The maximum absolute atomic E-state index is 11.1. The van der Waals surface area contributed by atoms with E-state index in [0.29, 0.717) is 29.2 Å². The number of hydrogen-bond acceptors (Lipinski definition) is 3. The van der Waals surface area contributed by atoms with Gasteiger partial charge in [-0.25, -0.2) is 4.79 Å². The lowest BCUT2D eigenvalue weighted by molar-refractivity contribution is 0.0699. The summed E-state index contributed by atoms with van der Waals surface area (Å²) in [4.78, 5) is 15.3. The third kappa shape index (κ3) is 2.42. The number of carbonyl (C=O) groups is 1. The minimum absolute atomic E-state index is 0.245. The first-order valence-corrected chi connectivity index (χ1v) is 5.83. The zero-order valence-electron chi connectivity index (χ0n) is 10.4. The molecule has 4 nitrogen and oxygen atoms in total. The maximum atomic E-state index is 11.1. The number of carboxylic acids is 1. The van der Waals surface area contributed by atoms with Crippen molar-refractivity contribution in [2.45, 2.75) is 13.8 Å². The van der Waals surface area contributed by atoms with Crippen molar-refractivity contribution >= 4 is 16.9 Å². The van der Waals surface area contributed by atoms with Gasteiger partial charge in [-0.3, -0.25) is 4.98 Å². The number of benzene rings is 1. The van der Waals surface area contributed by atoms with Crippen LogP contribution in [-0.4, -0.2) is 22.7 Å². The molecule has 0 spiro atoms. The molecule has 1 heterocycles. The molecule has 0 saturated carbocycles. The lowest BCUT2D eigenvalue weighted by Gasteiger charge is -2.11. The largest absolute Gasteiger partial charge is 0.491 e. The molecule has 0 aliphatic carbocycles. The Morgan fingerprint density at radius 2 is 2.17 bits per heavy atom. The number of aromatic carboxylic acids is 1. The van der Waals surface area contributed by atoms with Gasteiger partial charge in [-0.1, -0.05) is 19.9 Å². The second kappa shape index (κ2) is 5.04. The third-order valence-electron chi connectivity index (χ3n) is 2.54. The average Bonchev–Trinajstić information content (AvgIpc) is 2.35. The highest BCUT2D eigenvalue weighted by atomic mass is 16.5. The van der Waals surface area contributed by atoms with E-state index in [0.717, 1.165) is 0 Å². The zero-order valence-corrected chi connectivity index (χ0v) is 10.4. The summed E-state index contributed by atoms with van der Waals surface area (Å²) in [5, 5.41) is 9.73. The standard InChI is InChI=1S/C14H15NO3/c1-9(2)8-18-12-6-5-11(14(16)17)10-4-3-7-15-13(10)12/h3-7,9H,8H2,1-2H3,(H,16,17). The molecule has 1 aromatic heterocycles. The topological polar surface area (TPSA) is 59.4 Å². The van der Waals surface area contributed by atoms with Gasteiger partial charge in [0.1, 0.15) is 11.3 Å². The van der Waals surface area contributed by atoms with Gasteiger partial charge in [0.25, 0.3) is 0 Å². The molecule has 1 N–H and O–H groups in total. The molecule has 0 aliphatic heterocycles. The van der Waals surface area contributed by atoms with Crippen LogP contribution in [0.25, 0.3) is 10.9 Å². The summed E-state index contributed by atoms with van der Waals surface area (Å²) < 4.78 is 5.66. The molecule has 18 heavy (non-hydrogen) atoms. The summed E-state index contributed by atoms with van der Waals surface area (Å²) >= 11 is 0. The fraction of sp³-hybridized carbons (Fsp3) is 0.286. The van der Waals surface area contributed by atoms with Gasteiger partial charge in [-0.2, -0.15) is 0 Å². The molecule has 0 radical (unpaired) electrons. The molecule has 0 unspecified atom stereocenters. The summed E-state index contributed by atoms with van der Waals surface area (Å²) in [7, 11) is 0. The van der Waals surface area contributed by atoms with Gasteiger partial charge in [0, 0.05) is 11.6 Å². The van der Waals surface area contributed by atoms with Crippen LogP contribution in [0.5, 0.6) is 5.75 Å². The normalized spacial score (nSPS) is 10.8. The van der Waals surface area contributed by atoms with Crippen molar-refractivity contribution in [1.29, 1.82) is 0 Å². The van der Waals surface area contributed by atoms with E-state index in [1.165, 1.54) is 0 Å². The number of carboxylic acid groups (broad SMARTS) is 1. The lowest BCUT2D eigenvalue weighted by atomic mass is 10.1. The van der Waals surface area contributed by atoms with E-state index in [4.69, 9.17) is 9.84 Å². The molecule has 0 bridgehead atoms. The number of rotatable bonds is 4. The molecule has 0 fully saturated rings. The van der Waals surface area contributed by atoms with Crippen LogP contribution in [0.3, 0.4) is 0 Å². The summed E-state index contributed by atoms with van der Waals surface area (Å²) in [5.74, 6) is 0.0793. The summed E-state index contributed by atoms with van der Waals surface area (Å²) in [6, 6.07) is 6.69. The predicted octanol–water partition coefficient (Wildman–Crippen LogP) is 2.97. The molecule has 2 rings (SSSR count). The van der Waals surface area contributed by atoms with E-state index in [-0.39, 0.29) is 5.56 Å². The fourth-order valence-electron chi connectivity index (χ4n) is 1.71. The number of ether oxygens (including phenoxy) is 1. The van der Waals surface area contributed by atoms with Gasteiger partial charge < -0.3 is 9.84 Å². The molecule has 0 aliphatic rings. The summed E-state index contributed by atoms with van der Waals surface area (Å²) in [6.07, 6.45) is 1.64. The molecular formula is C14H15NO3. The summed E-state index contributed by atoms with van der Waals surface area (Å²) in [5.41, 5.74) is 0.841. The Balaban J connectivity index is 2.50. The van der Waals surface area contributed by atoms with E-state index in [1.54, 1.807) is 30.5 Å². The number of hydrogen-bond donors (Lipinski definition) is 1. The first-order valence-electron chi connectivity index (χ1n) is 5.83. The second-order valence-electron chi connectivity index (χ2n) is 4.52. The van der Waals surface area contributed by atoms with Crippen LogP contribution in [0.2, 0.25) is 0 Å².